The monoisotopic (exact) mass is 352 g/mol. The van der Waals surface area contributed by atoms with E-state index in [4.69, 9.17) is 4.74 Å². The summed E-state index contributed by atoms with van der Waals surface area (Å²) in [6.45, 7) is 1.07. The third-order valence-corrected chi connectivity index (χ3v) is 4.35. The fourth-order valence-corrected chi connectivity index (χ4v) is 2.93. The van der Waals surface area contributed by atoms with Gasteiger partial charge in [0.15, 0.2) is 5.69 Å². The Labute approximate surface area is 149 Å². The van der Waals surface area contributed by atoms with Crippen LogP contribution in [0.25, 0.3) is 0 Å². The van der Waals surface area contributed by atoms with Crippen LogP contribution in [0.3, 0.4) is 0 Å². The van der Waals surface area contributed by atoms with Crippen LogP contribution in [0.5, 0.6) is 0 Å². The molecular weight excluding hydrogens is 335 g/mol. The molecule has 1 aliphatic heterocycles. The van der Waals surface area contributed by atoms with E-state index in [0.29, 0.717) is 18.8 Å². The Bertz CT molecular complexity index is 909. The largest absolute Gasteiger partial charge is 0.365 e. The summed E-state index contributed by atoms with van der Waals surface area (Å²) < 4.78 is 20.5. The Kier molecular flexibility index (Phi) is 4.45. The van der Waals surface area contributed by atoms with Crippen molar-refractivity contribution in [2.45, 2.75) is 25.8 Å². The minimum atomic E-state index is -0.322. The van der Waals surface area contributed by atoms with E-state index in [9.17, 15) is 9.18 Å². The van der Waals surface area contributed by atoms with E-state index in [1.165, 1.54) is 12.1 Å². The molecule has 1 amide bonds. The van der Waals surface area contributed by atoms with Gasteiger partial charge in [0.2, 0.25) is 0 Å². The van der Waals surface area contributed by atoms with Gasteiger partial charge in [-0.25, -0.2) is 9.07 Å². The highest BCUT2D eigenvalue weighted by atomic mass is 19.1. The number of hydrogen-bond acceptors (Lipinski definition) is 4. The highest BCUT2D eigenvalue weighted by molar-refractivity contribution is 5.93. The molecule has 0 saturated heterocycles. The molecule has 132 valence electrons. The maximum absolute atomic E-state index is 12.9. The van der Waals surface area contributed by atoms with E-state index in [0.717, 1.165) is 11.1 Å². The van der Waals surface area contributed by atoms with Crippen LogP contribution >= 0.6 is 0 Å². The number of carbonyl (C=O) groups is 1. The van der Waals surface area contributed by atoms with Crippen LogP contribution in [-0.2, 0) is 24.4 Å². The minimum absolute atomic E-state index is 0.111. The van der Waals surface area contributed by atoms with Gasteiger partial charge in [-0.3, -0.25) is 4.79 Å². The maximum Gasteiger partial charge on any atom is 0.274 e. The van der Waals surface area contributed by atoms with Gasteiger partial charge in [0.25, 0.3) is 5.91 Å². The number of amides is 1. The average Bonchev–Trinajstić information content (AvgIpc) is 3.11. The molecule has 4 rings (SSSR count). The molecule has 1 aliphatic rings. The number of halogens is 1. The van der Waals surface area contributed by atoms with Crippen molar-refractivity contribution in [3.63, 3.8) is 0 Å². The van der Waals surface area contributed by atoms with Gasteiger partial charge in [0.05, 0.1) is 18.8 Å². The summed E-state index contributed by atoms with van der Waals surface area (Å²) in [7, 11) is 0. The molecule has 2 heterocycles. The number of hydrogen-bond donors (Lipinski definition) is 1. The first-order valence-corrected chi connectivity index (χ1v) is 8.32. The Morgan fingerprint density at radius 2 is 1.96 bits per heavy atom. The zero-order chi connectivity index (χ0) is 17.9. The highest BCUT2D eigenvalue weighted by Gasteiger charge is 2.27. The minimum Gasteiger partial charge on any atom is -0.365 e. The Morgan fingerprint density at radius 1 is 1.19 bits per heavy atom. The zero-order valence-corrected chi connectivity index (χ0v) is 13.9. The van der Waals surface area contributed by atoms with Crippen LogP contribution in [0.4, 0.5) is 4.39 Å². The molecule has 0 spiro atoms. The van der Waals surface area contributed by atoms with Gasteiger partial charge in [-0.2, -0.15) is 0 Å². The smallest absolute Gasteiger partial charge is 0.274 e. The number of ether oxygens (including phenoxy) is 1. The lowest BCUT2D eigenvalue weighted by molar-refractivity contribution is -0.00177. The van der Waals surface area contributed by atoms with Crippen LogP contribution in [0, 0.1) is 5.82 Å². The third-order valence-electron chi connectivity index (χ3n) is 4.35. The fourth-order valence-electron chi connectivity index (χ4n) is 2.93. The molecule has 0 aliphatic carbocycles. The molecule has 3 aromatic rings. The second-order valence-electron chi connectivity index (χ2n) is 6.09. The summed E-state index contributed by atoms with van der Waals surface area (Å²) in [6, 6.07) is 15.9. The van der Waals surface area contributed by atoms with Crippen molar-refractivity contribution < 1.29 is 13.9 Å². The van der Waals surface area contributed by atoms with Crippen molar-refractivity contribution in [2.75, 3.05) is 0 Å². The molecule has 2 aromatic carbocycles. The highest BCUT2D eigenvalue weighted by Crippen LogP contribution is 2.26. The van der Waals surface area contributed by atoms with Gasteiger partial charge in [-0.15, -0.1) is 5.10 Å². The predicted octanol–water partition coefficient (Wildman–Crippen LogP) is 2.62. The molecule has 0 unspecified atom stereocenters. The topological polar surface area (TPSA) is 69.0 Å². The zero-order valence-electron chi connectivity index (χ0n) is 13.9. The Hall–Kier alpha value is -3.06. The van der Waals surface area contributed by atoms with Gasteiger partial charge in [-0.05, 0) is 23.3 Å². The first kappa shape index (κ1) is 16.4. The SMILES string of the molecule is O=C(NCc1ccc(F)cc1)c1nnn2c1CO[C@@H](c1ccccc1)C2. The summed E-state index contributed by atoms with van der Waals surface area (Å²) in [5.74, 6) is -0.630. The van der Waals surface area contributed by atoms with E-state index < -0.39 is 0 Å². The van der Waals surface area contributed by atoms with E-state index in [1.807, 2.05) is 30.3 Å². The number of nitrogens with one attached hydrogen (secondary N) is 1. The Balaban J connectivity index is 1.44. The number of aromatic nitrogens is 3. The second kappa shape index (κ2) is 7.05. The van der Waals surface area contributed by atoms with E-state index in [2.05, 4.69) is 15.6 Å². The molecule has 1 atom stereocenters. The summed E-state index contributed by atoms with van der Waals surface area (Å²) in [5.41, 5.74) is 2.80. The van der Waals surface area contributed by atoms with Gasteiger partial charge in [0.1, 0.15) is 11.9 Å². The quantitative estimate of drug-likeness (QED) is 0.784. The number of nitrogens with zero attached hydrogens (tertiary/aromatic N) is 3. The molecule has 7 heteroatoms. The fraction of sp³-hybridized carbons (Fsp3) is 0.211. The first-order valence-electron chi connectivity index (χ1n) is 8.32. The van der Waals surface area contributed by atoms with Crippen LogP contribution < -0.4 is 5.32 Å². The molecule has 0 radical (unpaired) electrons. The second-order valence-corrected chi connectivity index (χ2v) is 6.09. The van der Waals surface area contributed by atoms with Gasteiger partial charge >= 0.3 is 0 Å². The molecule has 0 bridgehead atoms. The first-order chi connectivity index (χ1) is 12.7. The summed E-state index contributed by atoms with van der Waals surface area (Å²) in [4.78, 5) is 12.4. The molecule has 1 N–H and O–H groups in total. The van der Waals surface area contributed by atoms with E-state index >= 15 is 0 Å². The third kappa shape index (κ3) is 3.34. The number of rotatable bonds is 4. The molecule has 26 heavy (non-hydrogen) atoms. The summed E-state index contributed by atoms with van der Waals surface area (Å²) in [6.07, 6.45) is -0.111. The van der Waals surface area contributed by atoms with Crippen molar-refractivity contribution in [2.24, 2.45) is 0 Å². The van der Waals surface area contributed by atoms with Crippen molar-refractivity contribution in [3.05, 3.63) is 82.9 Å². The van der Waals surface area contributed by atoms with Gasteiger partial charge in [-0.1, -0.05) is 47.7 Å². The molecule has 0 fully saturated rings. The number of fused-ring (bicyclic) bond motifs is 1. The number of benzene rings is 2. The van der Waals surface area contributed by atoms with E-state index in [-0.39, 0.29) is 30.1 Å². The average molecular weight is 352 g/mol. The van der Waals surface area contributed by atoms with Gasteiger partial charge in [0, 0.05) is 6.54 Å². The van der Waals surface area contributed by atoms with Crippen LogP contribution in [0.1, 0.15) is 33.4 Å². The summed E-state index contributed by atoms with van der Waals surface area (Å²) >= 11 is 0. The Morgan fingerprint density at radius 3 is 2.73 bits per heavy atom. The van der Waals surface area contributed by atoms with E-state index in [1.54, 1.807) is 16.8 Å². The van der Waals surface area contributed by atoms with Crippen molar-refractivity contribution >= 4 is 5.91 Å². The van der Waals surface area contributed by atoms with Crippen molar-refractivity contribution in [3.8, 4) is 0 Å². The molecular formula is C19H17FN4O2. The lowest BCUT2D eigenvalue weighted by atomic mass is 10.1. The lowest BCUT2D eigenvalue weighted by Crippen LogP contribution is -2.27. The molecule has 6 nitrogen and oxygen atoms in total. The van der Waals surface area contributed by atoms with Crippen molar-refractivity contribution in [1.82, 2.24) is 20.3 Å². The van der Waals surface area contributed by atoms with Crippen LogP contribution in [0.2, 0.25) is 0 Å². The maximum atomic E-state index is 12.9. The predicted molar refractivity (Wildman–Crippen MR) is 91.6 cm³/mol. The van der Waals surface area contributed by atoms with Crippen LogP contribution in [0.15, 0.2) is 54.6 Å². The normalized spacial score (nSPS) is 16.1. The standard InChI is InChI=1S/C19H17FN4O2/c20-15-8-6-13(7-9-15)10-21-19(25)18-16-12-26-17(11-24(16)23-22-18)14-4-2-1-3-5-14/h1-9,17H,10-12H2,(H,21,25)/t17-/m1/s1. The molecule has 0 saturated carbocycles. The van der Waals surface area contributed by atoms with Gasteiger partial charge < -0.3 is 10.1 Å². The summed E-state index contributed by atoms with van der Waals surface area (Å²) in [5, 5.41) is 10.9. The number of carbonyl (C=O) groups excluding carboxylic acids is 1. The van der Waals surface area contributed by atoms with Crippen LogP contribution in [-0.4, -0.2) is 20.9 Å². The molecule has 1 aromatic heterocycles. The van der Waals surface area contributed by atoms with Crippen molar-refractivity contribution in [1.29, 1.82) is 0 Å². The lowest BCUT2D eigenvalue weighted by Gasteiger charge is -2.24.